The maximum absolute atomic E-state index is 13.0. The van der Waals surface area contributed by atoms with E-state index < -0.39 is 0 Å². The molecule has 1 aromatic rings. The van der Waals surface area contributed by atoms with Crippen molar-refractivity contribution < 1.29 is 9.18 Å². The van der Waals surface area contributed by atoms with Crippen LogP contribution in [0.1, 0.15) is 38.2 Å². The van der Waals surface area contributed by atoms with Gasteiger partial charge in [-0.25, -0.2) is 4.39 Å². The lowest BCUT2D eigenvalue weighted by atomic mass is 10.1. The zero-order chi connectivity index (χ0) is 15.9. The van der Waals surface area contributed by atoms with Crippen LogP contribution in [0.4, 0.5) is 4.39 Å². The van der Waals surface area contributed by atoms with E-state index in [0.717, 1.165) is 31.4 Å². The number of hydrogen-bond acceptors (Lipinski definition) is 2. The number of amides is 1. The molecule has 1 amide bonds. The first-order valence-electron chi connectivity index (χ1n) is 8.31. The molecular weight excluding hydrogens is 315 g/mol. The predicted octanol–water partition coefficient (Wildman–Crippen LogP) is 3.42. The lowest BCUT2D eigenvalue weighted by Crippen LogP contribution is -2.44. The fraction of sp³-hybridized carbons (Fsp3) is 0.611. The Morgan fingerprint density at radius 3 is 2.48 bits per heavy atom. The van der Waals surface area contributed by atoms with Gasteiger partial charge in [-0.2, -0.15) is 0 Å². The highest BCUT2D eigenvalue weighted by Crippen LogP contribution is 2.25. The van der Waals surface area contributed by atoms with E-state index in [4.69, 9.17) is 0 Å². The average molecular weight is 343 g/mol. The molecule has 1 aromatic carbocycles. The van der Waals surface area contributed by atoms with Crippen molar-refractivity contribution in [3.8, 4) is 0 Å². The Balaban J connectivity index is 0.00000264. The first kappa shape index (κ1) is 19.9. The first-order chi connectivity index (χ1) is 10.6. The van der Waals surface area contributed by atoms with Gasteiger partial charge in [-0.05, 0) is 44.0 Å². The van der Waals surface area contributed by atoms with Crippen LogP contribution < -0.4 is 5.32 Å². The zero-order valence-electron chi connectivity index (χ0n) is 14.1. The second-order valence-corrected chi connectivity index (χ2v) is 6.31. The Labute approximate surface area is 145 Å². The molecule has 0 heterocycles. The molecule has 0 spiro atoms. The van der Waals surface area contributed by atoms with Crippen LogP contribution >= 0.6 is 12.4 Å². The third-order valence-corrected chi connectivity index (χ3v) is 4.54. The molecule has 1 fully saturated rings. The van der Waals surface area contributed by atoms with Gasteiger partial charge < -0.3 is 10.2 Å². The van der Waals surface area contributed by atoms with E-state index in [1.807, 2.05) is 26.1 Å². The van der Waals surface area contributed by atoms with E-state index in [1.54, 1.807) is 0 Å². The molecule has 3 nitrogen and oxygen atoms in total. The largest absolute Gasteiger partial charge is 0.339 e. The number of benzene rings is 1. The third kappa shape index (κ3) is 5.78. The molecule has 1 atom stereocenters. The summed E-state index contributed by atoms with van der Waals surface area (Å²) in [4.78, 5) is 14.8. The van der Waals surface area contributed by atoms with Crippen LogP contribution in [-0.2, 0) is 11.2 Å². The lowest BCUT2D eigenvalue weighted by Gasteiger charge is -2.31. The van der Waals surface area contributed by atoms with Crippen LogP contribution in [0.3, 0.4) is 0 Å². The van der Waals surface area contributed by atoms with Crippen molar-refractivity contribution in [2.75, 3.05) is 20.1 Å². The summed E-state index contributed by atoms with van der Waals surface area (Å²) in [7, 11) is 1.88. The Kier molecular flexibility index (Phi) is 8.56. The van der Waals surface area contributed by atoms with E-state index in [2.05, 4.69) is 10.2 Å². The molecule has 2 rings (SSSR count). The Bertz CT molecular complexity index is 474. The summed E-state index contributed by atoms with van der Waals surface area (Å²) in [5.74, 6) is 0.0253. The van der Waals surface area contributed by atoms with E-state index >= 15 is 0 Å². The summed E-state index contributed by atoms with van der Waals surface area (Å²) < 4.78 is 13.0. The van der Waals surface area contributed by atoms with Gasteiger partial charge in [0, 0.05) is 25.0 Å². The average Bonchev–Trinajstić information content (AvgIpc) is 3.03. The van der Waals surface area contributed by atoms with Gasteiger partial charge in [0.1, 0.15) is 5.82 Å². The smallest absolute Gasteiger partial charge is 0.226 e. The van der Waals surface area contributed by atoms with Crippen molar-refractivity contribution in [1.29, 1.82) is 0 Å². The minimum Gasteiger partial charge on any atom is -0.339 e. The Morgan fingerprint density at radius 1 is 1.30 bits per heavy atom. The predicted molar refractivity (Wildman–Crippen MR) is 94.4 cm³/mol. The van der Waals surface area contributed by atoms with Gasteiger partial charge in [0.05, 0.1) is 0 Å². The summed E-state index contributed by atoms with van der Waals surface area (Å²) in [6.45, 7) is 3.42. The van der Waals surface area contributed by atoms with Crippen LogP contribution in [0.5, 0.6) is 0 Å². The van der Waals surface area contributed by atoms with Gasteiger partial charge >= 0.3 is 0 Å². The van der Waals surface area contributed by atoms with Gasteiger partial charge in [-0.3, -0.25) is 4.79 Å². The van der Waals surface area contributed by atoms with Crippen molar-refractivity contribution in [3.05, 3.63) is 35.6 Å². The zero-order valence-corrected chi connectivity index (χ0v) is 14.9. The topological polar surface area (TPSA) is 32.3 Å². The molecule has 0 bridgehead atoms. The standard InChI is InChI=1S/C18H27FN2O.ClH/c1-14(13-20-2)18(22)21(17-5-3-4-6-17)12-11-15-7-9-16(19)10-8-15;/h7-10,14,17,20H,3-6,11-13H2,1-2H3;1H. The molecule has 0 saturated heterocycles. The number of hydrogen-bond donors (Lipinski definition) is 1. The van der Waals surface area contributed by atoms with Crippen LogP contribution in [0.2, 0.25) is 0 Å². The van der Waals surface area contributed by atoms with Crippen LogP contribution in [-0.4, -0.2) is 37.0 Å². The fourth-order valence-electron chi connectivity index (χ4n) is 3.27. The fourth-order valence-corrected chi connectivity index (χ4v) is 3.27. The molecule has 0 radical (unpaired) electrons. The first-order valence-corrected chi connectivity index (χ1v) is 8.31. The number of nitrogens with one attached hydrogen (secondary N) is 1. The number of rotatable bonds is 7. The summed E-state index contributed by atoms with van der Waals surface area (Å²) >= 11 is 0. The maximum atomic E-state index is 13.0. The molecule has 1 saturated carbocycles. The van der Waals surface area contributed by atoms with Gasteiger partial charge in [-0.15, -0.1) is 12.4 Å². The highest BCUT2D eigenvalue weighted by atomic mass is 35.5. The van der Waals surface area contributed by atoms with Gasteiger partial charge in [0.25, 0.3) is 0 Å². The van der Waals surface area contributed by atoms with Crippen molar-refractivity contribution in [1.82, 2.24) is 10.2 Å². The highest BCUT2D eigenvalue weighted by molar-refractivity contribution is 5.85. The maximum Gasteiger partial charge on any atom is 0.226 e. The number of nitrogens with zero attached hydrogens (tertiary/aromatic N) is 1. The monoisotopic (exact) mass is 342 g/mol. The van der Waals surface area contributed by atoms with Crippen molar-refractivity contribution in [2.24, 2.45) is 5.92 Å². The molecule has 1 N–H and O–H groups in total. The molecule has 130 valence electrons. The van der Waals surface area contributed by atoms with Gasteiger partial charge in [0.2, 0.25) is 5.91 Å². The van der Waals surface area contributed by atoms with E-state index in [1.165, 1.54) is 25.0 Å². The number of carbonyl (C=O) groups is 1. The molecular formula is C18H28ClFN2O. The summed E-state index contributed by atoms with van der Waals surface area (Å²) in [5.41, 5.74) is 1.08. The summed E-state index contributed by atoms with van der Waals surface area (Å²) in [6, 6.07) is 6.97. The van der Waals surface area contributed by atoms with Crippen molar-refractivity contribution in [2.45, 2.75) is 45.1 Å². The Hall–Kier alpha value is -1.13. The van der Waals surface area contributed by atoms with E-state index in [0.29, 0.717) is 12.6 Å². The molecule has 1 unspecified atom stereocenters. The molecule has 1 aliphatic carbocycles. The third-order valence-electron chi connectivity index (χ3n) is 4.54. The molecule has 0 aliphatic heterocycles. The van der Waals surface area contributed by atoms with Crippen LogP contribution in [0.15, 0.2) is 24.3 Å². The highest BCUT2D eigenvalue weighted by Gasteiger charge is 2.28. The SMILES string of the molecule is CNCC(C)C(=O)N(CCc1ccc(F)cc1)C1CCCC1.Cl. The molecule has 5 heteroatoms. The van der Waals surface area contributed by atoms with Gasteiger partial charge in [0.15, 0.2) is 0 Å². The van der Waals surface area contributed by atoms with Crippen LogP contribution in [0, 0.1) is 11.7 Å². The van der Waals surface area contributed by atoms with Crippen LogP contribution in [0.25, 0.3) is 0 Å². The second-order valence-electron chi connectivity index (χ2n) is 6.31. The normalized spacial score (nSPS) is 16.0. The van der Waals surface area contributed by atoms with Gasteiger partial charge in [-0.1, -0.05) is 31.9 Å². The minimum absolute atomic E-state index is 0. The number of carbonyl (C=O) groups excluding carboxylic acids is 1. The number of halogens is 2. The second kappa shape index (κ2) is 9.89. The van der Waals surface area contributed by atoms with E-state index in [-0.39, 0.29) is 30.0 Å². The van der Waals surface area contributed by atoms with E-state index in [9.17, 15) is 9.18 Å². The minimum atomic E-state index is -0.213. The summed E-state index contributed by atoms with van der Waals surface area (Å²) in [5, 5.41) is 3.08. The lowest BCUT2D eigenvalue weighted by molar-refractivity contribution is -0.137. The molecule has 1 aliphatic rings. The summed E-state index contributed by atoms with van der Waals surface area (Å²) in [6.07, 6.45) is 5.44. The van der Waals surface area contributed by atoms with Crippen molar-refractivity contribution >= 4 is 18.3 Å². The Morgan fingerprint density at radius 2 is 1.91 bits per heavy atom. The molecule has 0 aromatic heterocycles. The van der Waals surface area contributed by atoms with Crippen molar-refractivity contribution in [3.63, 3.8) is 0 Å². The molecule has 23 heavy (non-hydrogen) atoms. The quantitative estimate of drug-likeness (QED) is 0.823.